The predicted octanol–water partition coefficient (Wildman–Crippen LogP) is 3.46. The number of aliphatic hydroxyl groups is 1. The van der Waals surface area contributed by atoms with Crippen molar-refractivity contribution in [3.05, 3.63) is 59.7 Å². The normalized spacial score (nSPS) is 12.0. The molecular weight excluding hydrogens is 548 g/mol. The number of benzene rings is 2. The number of nitrogens with one attached hydrogen (secondary N) is 2. The van der Waals surface area contributed by atoms with Gasteiger partial charge in [-0.1, -0.05) is 51.0 Å². The second-order valence-electron chi connectivity index (χ2n) is 10.7. The second kappa shape index (κ2) is 22.4. The van der Waals surface area contributed by atoms with Crippen LogP contribution < -0.4 is 20.1 Å². The number of methoxy groups -OCH3 is 1. The molecular formula is C33H54N4O6. The molecule has 3 N–H and O–H groups in total. The monoisotopic (exact) mass is 602 g/mol. The van der Waals surface area contributed by atoms with E-state index in [-0.39, 0.29) is 31.1 Å². The van der Waals surface area contributed by atoms with E-state index in [0.29, 0.717) is 19.4 Å². The molecule has 0 aromatic heterocycles. The summed E-state index contributed by atoms with van der Waals surface area (Å²) in [6, 6.07) is 15.7. The molecule has 0 radical (unpaired) electrons. The van der Waals surface area contributed by atoms with Crippen LogP contribution in [0.4, 0.5) is 0 Å². The van der Waals surface area contributed by atoms with Gasteiger partial charge in [0.05, 0.1) is 26.3 Å². The molecule has 2 atom stereocenters. The molecule has 43 heavy (non-hydrogen) atoms. The Balaban J connectivity index is 0.000000430. The van der Waals surface area contributed by atoms with Crippen LogP contribution >= 0.6 is 0 Å². The van der Waals surface area contributed by atoms with Crippen molar-refractivity contribution in [2.75, 3.05) is 61.6 Å². The SMILES string of the molecule is CCCCOc1cccc(CC(NCC(=O)N(C)C)OC)c1.CCCCOc1cccc(CC(O)NCC(=O)N(C)C)c1. The number of amides is 2. The standard InChI is InChI=1S/C17H28N2O3.C16H26N2O3/c1-5-6-10-22-15-9-7-8-14(11-15)12-16(21-4)18-13-17(20)19(2)3;1-4-5-9-21-14-8-6-7-13(10-14)11-15(19)17-12-16(20)18(2)3/h7-9,11,16,18H,5-6,10,12-13H2,1-4H3;6-8,10,15,17,19H,4-5,9,11-12H2,1-3H3. The van der Waals surface area contributed by atoms with E-state index in [1.54, 1.807) is 40.2 Å². The summed E-state index contributed by atoms with van der Waals surface area (Å²) in [5, 5.41) is 15.8. The van der Waals surface area contributed by atoms with Gasteiger partial charge in [0.15, 0.2) is 0 Å². The molecule has 242 valence electrons. The smallest absolute Gasteiger partial charge is 0.236 e. The highest BCUT2D eigenvalue weighted by molar-refractivity contribution is 5.78. The van der Waals surface area contributed by atoms with Gasteiger partial charge in [-0.05, 0) is 48.2 Å². The van der Waals surface area contributed by atoms with Crippen molar-refractivity contribution >= 4 is 11.8 Å². The zero-order valence-electron chi connectivity index (χ0n) is 27.2. The number of likely N-dealkylation sites (N-methyl/N-ethyl adjacent to an activating group) is 2. The first-order valence-electron chi connectivity index (χ1n) is 15.1. The van der Waals surface area contributed by atoms with Gasteiger partial charge in [0.25, 0.3) is 0 Å². The van der Waals surface area contributed by atoms with Crippen LogP contribution in [0.15, 0.2) is 48.5 Å². The molecule has 2 aromatic rings. The van der Waals surface area contributed by atoms with Crippen LogP contribution in [0, 0.1) is 0 Å². The zero-order chi connectivity index (χ0) is 32.0. The van der Waals surface area contributed by atoms with E-state index in [0.717, 1.165) is 54.9 Å². The van der Waals surface area contributed by atoms with Gasteiger partial charge in [-0.3, -0.25) is 20.2 Å². The largest absolute Gasteiger partial charge is 0.494 e. The molecule has 0 bridgehead atoms. The second-order valence-corrected chi connectivity index (χ2v) is 10.7. The van der Waals surface area contributed by atoms with Crippen molar-refractivity contribution in [2.45, 2.75) is 64.8 Å². The van der Waals surface area contributed by atoms with Gasteiger partial charge in [0, 0.05) is 48.1 Å². The summed E-state index contributed by atoms with van der Waals surface area (Å²) >= 11 is 0. The molecule has 0 heterocycles. The van der Waals surface area contributed by atoms with Crippen LogP contribution in [-0.2, 0) is 27.2 Å². The number of hydrogen-bond acceptors (Lipinski definition) is 8. The van der Waals surface area contributed by atoms with E-state index >= 15 is 0 Å². The lowest BCUT2D eigenvalue weighted by Gasteiger charge is -2.19. The van der Waals surface area contributed by atoms with Gasteiger partial charge in [-0.25, -0.2) is 0 Å². The van der Waals surface area contributed by atoms with Gasteiger partial charge in [-0.15, -0.1) is 0 Å². The lowest BCUT2D eigenvalue weighted by atomic mass is 10.1. The third kappa shape index (κ3) is 17.5. The minimum atomic E-state index is -0.750. The maximum absolute atomic E-state index is 11.6. The molecule has 0 aliphatic heterocycles. The van der Waals surface area contributed by atoms with E-state index in [1.165, 1.54) is 4.90 Å². The van der Waals surface area contributed by atoms with Gasteiger partial charge >= 0.3 is 0 Å². The Morgan fingerprint density at radius 3 is 1.67 bits per heavy atom. The fraction of sp³-hybridized carbons (Fsp3) is 0.576. The molecule has 0 saturated heterocycles. The van der Waals surface area contributed by atoms with Crippen LogP contribution in [0.3, 0.4) is 0 Å². The molecule has 2 amide bonds. The summed E-state index contributed by atoms with van der Waals surface area (Å²) < 4.78 is 16.7. The summed E-state index contributed by atoms with van der Waals surface area (Å²) in [5.74, 6) is 1.66. The Kier molecular flexibility index (Phi) is 19.7. The van der Waals surface area contributed by atoms with Gasteiger partial charge in [0.1, 0.15) is 24.0 Å². The Morgan fingerprint density at radius 2 is 1.23 bits per heavy atom. The predicted molar refractivity (Wildman–Crippen MR) is 171 cm³/mol. The van der Waals surface area contributed by atoms with Gasteiger partial charge in [-0.2, -0.15) is 0 Å². The highest BCUT2D eigenvalue weighted by atomic mass is 16.5. The fourth-order valence-corrected chi connectivity index (χ4v) is 3.66. The van der Waals surface area contributed by atoms with Crippen LogP contribution in [-0.4, -0.2) is 101 Å². The van der Waals surface area contributed by atoms with Gasteiger partial charge in [0.2, 0.25) is 11.8 Å². The van der Waals surface area contributed by atoms with Crippen LogP contribution in [0.5, 0.6) is 11.5 Å². The number of nitrogens with zero attached hydrogens (tertiary/aromatic N) is 2. The molecule has 0 aliphatic rings. The Hall–Kier alpha value is -3.18. The molecule has 10 nitrogen and oxygen atoms in total. The lowest BCUT2D eigenvalue weighted by Crippen LogP contribution is -2.40. The van der Waals surface area contributed by atoms with E-state index in [4.69, 9.17) is 14.2 Å². The summed E-state index contributed by atoms with van der Waals surface area (Å²) in [5.41, 5.74) is 2.09. The van der Waals surface area contributed by atoms with Crippen LogP contribution in [0.25, 0.3) is 0 Å². The van der Waals surface area contributed by atoms with Crippen molar-refractivity contribution in [3.8, 4) is 11.5 Å². The summed E-state index contributed by atoms with van der Waals surface area (Å²) in [6.45, 7) is 6.10. The summed E-state index contributed by atoms with van der Waals surface area (Å²) in [4.78, 5) is 26.1. The van der Waals surface area contributed by atoms with Gasteiger partial charge < -0.3 is 29.1 Å². The van der Waals surface area contributed by atoms with Crippen molar-refractivity contribution in [1.82, 2.24) is 20.4 Å². The number of unbranched alkanes of at least 4 members (excludes halogenated alkanes) is 2. The molecule has 2 aromatic carbocycles. The number of carbonyl (C=O) groups is 2. The highest BCUT2D eigenvalue weighted by Gasteiger charge is 2.12. The molecule has 0 saturated carbocycles. The maximum atomic E-state index is 11.6. The number of carbonyl (C=O) groups excluding carboxylic acids is 2. The first kappa shape index (κ1) is 37.8. The lowest BCUT2D eigenvalue weighted by molar-refractivity contribution is -0.129. The van der Waals surface area contributed by atoms with Crippen LogP contribution in [0.1, 0.15) is 50.7 Å². The third-order valence-corrected chi connectivity index (χ3v) is 6.43. The number of hydrogen-bond donors (Lipinski definition) is 3. The average Bonchev–Trinajstić information content (AvgIpc) is 2.98. The first-order chi connectivity index (χ1) is 20.6. The topological polar surface area (TPSA) is 113 Å². The first-order valence-corrected chi connectivity index (χ1v) is 15.1. The third-order valence-electron chi connectivity index (χ3n) is 6.43. The zero-order valence-corrected chi connectivity index (χ0v) is 27.2. The molecule has 0 spiro atoms. The minimum absolute atomic E-state index is 0.0266. The molecule has 0 fully saturated rings. The fourth-order valence-electron chi connectivity index (χ4n) is 3.66. The average molecular weight is 603 g/mol. The van der Waals surface area contributed by atoms with E-state index in [1.807, 2.05) is 48.5 Å². The van der Waals surface area contributed by atoms with E-state index < -0.39 is 6.23 Å². The quantitative estimate of drug-likeness (QED) is 0.166. The highest BCUT2D eigenvalue weighted by Crippen LogP contribution is 2.16. The maximum Gasteiger partial charge on any atom is 0.236 e. The molecule has 2 rings (SSSR count). The Labute approximate surface area is 258 Å². The summed E-state index contributed by atoms with van der Waals surface area (Å²) in [6.07, 6.45) is 4.47. The number of rotatable bonds is 19. The van der Waals surface area contributed by atoms with Crippen molar-refractivity contribution in [2.24, 2.45) is 0 Å². The van der Waals surface area contributed by atoms with E-state index in [9.17, 15) is 14.7 Å². The van der Waals surface area contributed by atoms with Crippen molar-refractivity contribution in [3.63, 3.8) is 0 Å². The summed E-state index contributed by atoms with van der Waals surface area (Å²) in [7, 11) is 8.49. The minimum Gasteiger partial charge on any atom is -0.494 e. The number of aliphatic hydroxyl groups excluding tert-OH is 1. The molecule has 2 unspecified atom stereocenters. The molecule has 0 aliphatic carbocycles. The van der Waals surface area contributed by atoms with Crippen LogP contribution in [0.2, 0.25) is 0 Å². The van der Waals surface area contributed by atoms with Crippen molar-refractivity contribution in [1.29, 1.82) is 0 Å². The molecule has 10 heteroatoms. The number of ether oxygens (including phenoxy) is 3. The van der Waals surface area contributed by atoms with E-state index in [2.05, 4.69) is 24.5 Å². The van der Waals surface area contributed by atoms with Crippen molar-refractivity contribution < 1.29 is 28.9 Å². The Bertz CT molecular complexity index is 1050. The Morgan fingerprint density at radius 1 is 0.767 bits per heavy atom.